The highest BCUT2D eigenvalue weighted by molar-refractivity contribution is 6.42. The van der Waals surface area contributed by atoms with E-state index in [2.05, 4.69) is 5.32 Å². The van der Waals surface area contributed by atoms with Gasteiger partial charge in [0.1, 0.15) is 5.82 Å². The zero-order chi connectivity index (χ0) is 19.0. The molecule has 0 radical (unpaired) electrons. The Hall–Kier alpha value is -1.62. The van der Waals surface area contributed by atoms with Gasteiger partial charge in [-0.25, -0.2) is 4.39 Å². The molecule has 3 nitrogen and oxygen atoms in total. The first kappa shape index (κ1) is 18.7. The van der Waals surface area contributed by atoms with Crippen molar-refractivity contribution < 1.29 is 13.9 Å². The molecule has 2 aromatic carbocycles. The molecule has 1 saturated heterocycles. The van der Waals surface area contributed by atoms with Crippen LogP contribution in [0.3, 0.4) is 0 Å². The van der Waals surface area contributed by atoms with E-state index in [4.69, 9.17) is 27.9 Å². The monoisotopic (exact) mass is 407 g/mol. The number of fused-ring (bicyclic) bond motifs is 1. The quantitative estimate of drug-likeness (QED) is 0.778. The summed E-state index contributed by atoms with van der Waals surface area (Å²) in [5, 5.41) is 4.29. The fourth-order valence-electron chi connectivity index (χ4n) is 4.23. The number of nitrogens with one attached hydrogen (secondary N) is 1. The lowest BCUT2D eigenvalue weighted by Gasteiger charge is -2.37. The lowest BCUT2D eigenvalue weighted by atomic mass is 9.73. The van der Waals surface area contributed by atoms with Crippen molar-refractivity contribution in [1.29, 1.82) is 0 Å². The molecule has 1 unspecified atom stereocenters. The van der Waals surface area contributed by atoms with Crippen LogP contribution in [0.1, 0.15) is 42.0 Å². The maximum atomic E-state index is 13.8. The molecule has 2 aliphatic rings. The van der Waals surface area contributed by atoms with Crippen molar-refractivity contribution in [3.63, 3.8) is 0 Å². The van der Waals surface area contributed by atoms with Gasteiger partial charge in [-0.1, -0.05) is 41.4 Å². The van der Waals surface area contributed by atoms with Crippen LogP contribution in [-0.2, 0) is 21.4 Å². The van der Waals surface area contributed by atoms with Gasteiger partial charge in [0.2, 0.25) is 5.91 Å². The van der Waals surface area contributed by atoms with Gasteiger partial charge in [0.05, 0.1) is 21.5 Å². The third-order valence-corrected chi connectivity index (χ3v) is 6.60. The minimum Gasteiger partial charge on any atom is -0.381 e. The van der Waals surface area contributed by atoms with Crippen molar-refractivity contribution in [3.8, 4) is 0 Å². The standard InChI is InChI=1S/C21H20Cl2FNO2/c22-17-6-4-15-16(19(17)23)5-7-18(15)25-20(26)21(8-10-27-11-9-21)13-2-1-3-14(24)12-13/h1-4,6,12,18H,5,7-11H2,(H,25,26). The van der Waals surface area contributed by atoms with E-state index in [1.54, 1.807) is 12.1 Å². The van der Waals surface area contributed by atoms with E-state index in [0.29, 0.717) is 41.7 Å². The first-order chi connectivity index (χ1) is 13.0. The van der Waals surface area contributed by atoms with Crippen molar-refractivity contribution in [2.24, 2.45) is 0 Å². The zero-order valence-electron chi connectivity index (χ0n) is 14.7. The van der Waals surface area contributed by atoms with E-state index in [1.165, 1.54) is 12.1 Å². The van der Waals surface area contributed by atoms with Crippen LogP contribution in [0.4, 0.5) is 4.39 Å². The summed E-state index contributed by atoms with van der Waals surface area (Å²) in [6, 6.07) is 9.92. The number of rotatable bonds is 3. The normalized spacial score (nSPS) is 20.9. The molecule has 1 heterocycles. The number of amides is 1. The number of ether oxygens (including phenoxy) is 1. The van der Waals surface area contributed by atoms with E-state index in [0.717, 1.165) is 24.0 Å². The Kier molecular flexibility index (Phi) is 5.15. The fraction of sp³-hybridized carbons (Fsp3) is 0.381. The molecule has 0 aromatic heterocycles. The van der Waals surface area contributed by atoms with Crippen molar-refractivity contribution in [2.45, 2.75) is 37.1 Å². The van der Waals surface area contributed by atoms with E-state index >= 15 is 0 Å². The summed E-state index contributed by atoms with van der Waals surface area (Å²) < 4.78 is 19.3. The molecule has 1 atom stereocenters. The molecule has 2 aromatic rings. The summed E-state index contributed by atoms with van der Waals surface area (Å²) in [5.74, 6) is -0.417. The minimum absolute atomic E-state index is 0.0830. The van der Waals surface area contributed by atoms with E-state index < -0.39 is 5.41 Å². The number of hydrogen-bond donors (Lipinski definition) is 1. The van der Waals surface area contributed by atoms with Gasteiger partial charge in [0.25, 0.3) is 0 Å². The summed E-state index contributed by atoms with van der Waals surface area (Å²) in [5.41, 5.74) is 1.94. The topological polar surface area (TPSA) is 38.3 Å². The summed E-state index contributed by atoms with van der Waals surface area (Å²) in [6.45, 7) is 0.958. The Labute approximate surface area is 167 Å². The lowest BCUT2D eigenvalue weighted by Crippen LogP contribution is -2.48. The molecule has 4 rings (SSSR count). The van der Waals surface area contributed by atoms with Gasteiger partial charge in [-0.15, -0.1) is 0 Å². The van der Waals surface area contributed by atoms with Crippen LogP contribution in [0.15, 0.2) is 36.4 Å². The second kappa shape index (κ2) is 7.42. The van der Waals surface area contributed by atoms with Crippen LogP contribution < -0.4 is 5.32 Å². The molecule has 1 N–H and O–H groups in total. The van der Waals surface area contributed by atoms with Crippen molar-refractivity contribution in [1.82, 2.24) is 5.32 Å². The molecule has 0 saturated carbocycles. The number of hydrogen-bond acceptors (Lipinski definition) is 2. The molecule has 142 valence electrons. The third-order valence-electron chi connectivity index (χ3n) is 5.75. The molecule has 0 spiro atoms. The minimum atomic E-state index is -0.778. The van der Waals surface area contributed by atoms with E-state index in [1.807, 2.05) is 12.1 Å². The van der Waals surface area contributed by atoms with Crippen LogP contribution in [0, 0.1) is 5.82 Å². The molecular weight excluding hydrogens is 388 g/mol. The zero-order valence-corrected chi connectivity index (χ0v) is 16.2. The smallest absolute Gasteiger partial charge is 0.231 e. The highest BCUT2D eigenvalue weighted by Crippen LogP contribution is 2.41. The van der Waals surface area contributed by atoms with Gasteiger partial charge in [0.15, 0.2) is 0 Å². The Bertz CT molecular complexity index is 880. The van der Waals surface area contributed by atoms with Gasteiger partial charge < -0.3 is 10.1 Å². The summed E-state index contributed by atoms with van der Waals surface area (Å²) in [7, 11) is 0. The highest BCUT2D eigenvalue weighted by atomic mass is 35.5. The van der Waals surface area contributed by atoms with Gasteiger partial charge in [-0.3, -0.25) is 4.79 Å². The van der Waals surface area contributed by atoms with Gasteiger partial charge in [-0.05, 0) is 60.6 Å². The Balaban J connectivity index is 1.64. The van der Waals surface area contributed by atoms with E-state index in [-0.39, 0.29) is 17.8 Å². The first-order valence-corrected chi connectivity index (χ1v) is 9.88. The molecular formula is C21H20Cl2FNO2. The molecule has 1 fully saturated rings. The molecule has 6 heteroatoms. The molecule has 0 bridgehead atoms. The lowest BCUT2D eigenvalue weighted by molar-refractivity contribution is -0.131. The maximum absolute atomic E-state index is 13.8. The maximum Gasteiger partial charge on any atom is 0.231 e. The predicted octanol–water partition coefficient (Wildman–Crippen LogP) is 4.98. The molecule has 1 aliphatic carbocycles. The second-order valence-corrected chi connectivity index (χ2v) is 7.98. The highest BCUT2D eigenvalue weighted by Gasteiger charge is 2.43. The second-order valence-electron chi connectivity index (χ2n) is 7.20. The average Bonchev–Trinajstić information content (AvgIpc) is 3.08. The van der Waals surface area contributed by atoms with Gasteiger partial charge in [0, 0.05) is 13.2 Å². The Morgan fingerprint density at radius 2 is 1.96 bits per heavy atom. The van der Waals surface area contributed by atoms with Crippen LogP contribution in [0.25, 0.3) is 0 Å². The Morgan fingerprint density at radius 1 is 1.19 bits per heavy atom. The third kappa shape index (κ3) is 3.35. The van der Waals surface area contributed by atoms with Crippen molar-refractivity contribution in [2.75, 3.05) is 13.2 Å². The number of carbonyl (C=O) groups excluding carboxylic acids is 1. The Morgan fingerprint density at radius 3 is 2.70 bits per heavy atom. The summed E-state index contributed by atoms with van der Waals surface area (Å²) in [6.07, 6.45) is 2.61. The van der Waals surface area contributed by atoms with Crippen LogP contribution in [0.2, 0.25) is 10.0 Å². The predicted molar refractivity (Wildman–Crippen MR) is 104 cm³/mol. The van der Waals surface area contributed by atoms with Crippen molar-refractivity contribution in [3.05, 3.63) is 69.0 Å². The summed E-state index contributed by atoms with van der Waals surface area (Å²) in [4.78, 5) is 13.4. The fourth-order valence-corrected chi connectivity index (χ4v) is 4.68. The molecule has 27 heavy (non-hydrogen) atoms. The largest absolute Gasteiger partial charge is 0.381 e. The van der Waals surface area contributed by atoms with Crippen LogP contribution >= 0.6 is 23.2 Å². The van der Waals surface area contributed by atoms with E-state index in [9.17, 15) is 9.18 Å². The summed E-state index contributed by atoms with van der Waals surface area (Å²) >= 11 is 12.4. The van der Waals surface area contributed by atoms with Gasteiger partial charge >= 0.3 is 0 Å². The SMILES string of the molecule is O=C(NC1CCc2c1ccc(Cl)c2Cl)C1(c2cccc(F)c2)CCOCC1. The molecule has 1 aliphatic heterocycles. The number of halogens is 3. The average molecular weight is 408 g/mol. The van der Waals surface area contributed by atoms with Crippen LogP contribution in [-0.4, -0.2) is 19.1 Å². The van der Waals surface area contributed by atoms with Crippen molar-refractivity contribution >= 4 is 29.1 Å². The number of benzene rings is 2. The number of carbonyl (C=O) groups is 1. The van der Waals surface area contributed by atoms with Gasteiger partial charge in [-0.2, -0.15) is 0 Å². The molecule has 1 amide bonds. The van der Waals surface area contributed by atoms with Crippen LogP contribution in [0.5, 0.6) is 0 Å². The first-order valence-electron chi connectivity index (χ1n) is 9.13.